The van der Waals surface area contributed by atoms with E-state index in [1.54, 1.807) is 11.9 Å². The Balaban J connectivity index is 1.41. The number of nitrogens with zero attached hydrogens (tertiary/aromatic N) is 1. The van der Waals surface area contributed by atoms with Gasteiger partial charge in [-0.05, 0) is 74.6 Å². The summed E-state index contributed by atoms with van der Waals surface area (Å²) in [4.78, 5) is 3.71. The standard InChI is InChI=1S/C21H27ClN2OS/c22-19-9-11-20(12-10-19)26-23-17-18-7-2-3-8-21(18)25-16-6-15-24-13-4-1-5-14-24/h2-3,7-12,23H,1,4-6,13-17H2. The average Bonchev–Trinajstić information content (AvgIpc) is 2.69. The number of para-hydroxylation sites is 1. The molecule has 0 amide bonds. The lowest BCUT2D eigenvalue weighted by Crippen LogP contribution is -2.31. The van der Waals surface area contributed by atoms with Gasteiger partial charge in [0.25, 0.3) is 0 Å². The number of ether oxygens (including phenoxy) is 1. The highest BCUT2D eigenvalue weighted by Gasteiger charge is 2.09. The molecule has 2 aromatic rings. The average molecular weight is 391 g/mol. The molecule has 5 heteroatoms. The first-order chi connectivity index (χ1) is 12.8. The summed E-state index contributed by atoms with van der Waals surface area (Å²) in [6.45, 7) is 5.19. The molecule has 0 radical (unpaired) electrons. The fourth-order valence-corrected chi connectivity index (χ4v) is 3.94. The van der Waals surface area contributed by atoms with E-state index in [1.807, 2.05) is 30.3 Å². The Kier molecular flexibility index (Phi) is 8.15. The van der Waals surface area contributed by atoms with Crippen LogP contribution in [0.4, 0.5) is 0 Å². The Morgan fingerprint density at radius 2 is 1.77 bits per heavy atom. The van der Waals surface area contributed by atoms with E-state index in [-0.39, 0.29) is 0 Å². The predicted octanol–water partition coefficient (Wildman–Crippen LogP) is 5.39. The highest BCUT2D eigenvalue weighted by Crippen LogP contribution is 2.22. The fraction of sp³-hybridized carbons (Fsp3) is 0.429. The van der Waals surface area contributed by atoms with Gasteiger partial charge in [-0.15, -0.1) is 0 Å². The zero-order valence-electron chi connectivity index (χ0n) is 15.1. The number of benzene rings is 2. The van der Waals surface area contributed by atoms with Gasteiger partial charge < -0.3 is 9.64 Å². The molecule has 26 heavy (non-hydrogen) atoms. The van der Waals surface area contributed by atoms with Gasteiger partial charge in [-0.3, -0.25) is 4.72 Å². The molecule has 2 aromatic carbocycles. The van der Waals surface area contributed by atoms with Gasteiger partial charge in [0.1, 0.15) is 5.75 Å². The van der Waals surface area contributed by atoms with Gasteiger partial charge >= 0.3 is 0 Å². The van der Waals surface area contributed by atoms with Crippen molar-refractivity contribution in [3.8, 4) is 5.75 Å². The lowest BCUT2D eigenvalue weighted by Gasteiger charge is -2.26. The molecule has 0 unspecified atom stereocenters. The van der Waals surface area contributed by atoms with Crippen molar-refractivity contribution in [3.63, 3.8) is 0 Å². The summed E-state index contributed by atoms with van der Waals surface area (Å²) in [6.07, 6.45) is 5.17. The third-order valence-corrected chi connectivity index (χ3v) is 5.61. The van der Waals surface area contributed by atoms with Crippen LogP contribution in [0.5, 0.6) is 5.75 Å². The Bertz CT molecular complexity index is 659. The maximum Gasteiger partial charge on any atom is 0.123 e. The zero-order valence-corrected chi connectivity index (χ0v) is 16.7. The summed E-state index contributed by atoms with van der Waals surface area (Å²) >= 11 is 7.53. The second kappa shape index (κ2) is 10.8. The van der Waals surface area contributed by atoms with Gasteiger partial charge in [0.2, 0.25) is 0 Å². The number of hydrogen-bond acceptors (Lipinski definition) is 4. The minimum Gasteiger partial charge on any atom is -0.493 e. The number of hydrogen-bond donors (Lipinski definition) is 1. The van der Waals surface area contributed by atoms with Crippen LogP contribution < -0.4 is 9.46 Å². The molecule has 3 rings (SSSR count). The molecule has 0 bridgehead atoms. The van der Waals surface area contributed by atoms with E-state index in [9.17, 15) is 0 Å². The van der Waals surface area contributed by atoms with Gasteiger partial charge in [-0.1, -0.05) is 36.2 Å². The van der Waals surface area contributed by atoms with Crippen molar-refractivity contribution in [1.82, 2.24) is 9.62 Å². The second-order valence-corrected chi connectivity index (χ2v) is 7.99. The molecule has 0 aliphatic carbocycles. The lowest BCUT2D eigenvalue weighted by atomic mass is 10.1. The van der Waals surface area contributed by atoms with Crippen molar-refractivity contribution >= 4 is 23.5 Å². The maximum atomic E-state index is 6.05. The molecule has 1 heterocycles. The highest BCUT2D eigenvalue weighted by atomic mass is 35.5. The summed E-state index contributed by atoms with van der Waals surface area (Å²) in [6, 6.07) is 16.1. The summed E-state index contributed by atoms with van der Waals surface area (Å²) in [5.41, 5.74) is 1.19. The minimum atomic E-state index is 0.760. The molecule has 0 atom stereocenters. The molecular weight excluding hydrogens is 364 g/mol. The molecule has 1 aliphatic rings. The number of rotatable bonds is 9. The van der Waals surface area contributed by atoms with Gasteiger partial charge in [-0.2, -0.15) is 0 Å². The Morgan fingerprint density at radius 3 is 2.58 bits per heavy atom. The highest BCUT2D eigenvalue weighted by molar-refractivity contribution is 7.97. The first-order valence-electron chi connectivity index (χ1n) is 9.39. The molecule has 1 aliphatic heterocycles. The molecule has 1 saturated heterocycles. The van der Waals surface area contributed by atoms with E-state index in [1.165, 1.54) is 37.9 Å². The molecule has 1 N–H and O–H groups in total. The topological polar surface area (TPSA) is 24.5 Å². The van der Waals surface area contributed by atoms with Crippen molar-refractivity contribution in [2.75, 3.05) is 26.2 Å². The van der Waals surface area contributed by atoms with E-state index >= 15 is 0 Å². The number of halogens is 1. The van der Waals surface area contributed by atoms with Crippen LogP contribution in [0.3, 0.4) is 0 Å². The van der Waals surface area contributed by atoms with Crippen molar-refractivity contribution in [1.29, 1.82) is 0 Å². The van der Waals surface area contributed by atoms with Crippen molar-refractivity contribution < 1.29 is 4.74 Å². The smallest absolute Gasteiger partial charge is 0.123 e. The Labute approximate surface area is 166 Å². The van der Waals surface area contributed by atoms with Crippen molar-refractivity contribution in [2.45, 2.75) is 37.1 Å². The largest absolute Gasteiger partial charge is 0.493 e. The molecule has 0 aromatic heterocycles. The number of nitrogens with one attached hydrogen (secondary N) is 1. The van der Waals surface area contributed by atoms with Crippen LogP contribution >= 0.6 is 23.5 Å². The summed E-state index contributed by atoms with van der Waals surface area (Å²) in [5, 5.41) is 0.762. The third-order valence-electron chi connectivity index (χ3n) is 4.56. The maximum absolute atomic E-state index is 6.05. The molecule has 1 fully saturated rings. The number of likely N-dealkylation sites (tertiary alicyclic amines) is 1. The predicted molar refractivity (Wildman–Crippen MR) is 111 cm³/mol. The van der Waals surface area contributed by atoms with Crippen LogP contribution in [0, 0.1) is 0 Å². The number of piperidine rings is 1. The van der Waals surface area contributed by atoms with Gasteiger partial charge in [0, 0.05) is 28.6 Å². The monoisotopic (exact) mass is 390 g/mol. The van der Waals surface area contributed by atoms with Crippen molar-refractivity contribution in [3.05, 3.63) is 59.1 Å². The van der Waals surface area contributed by atoms with Gasteiger partial charge in [0.15, 0.2) is 0 Å². The van der Waals surface area contributed by atoms with Crippen molar-refractivity contribution in [2.24, 2.45) is 0 Å². The normalized spacial score (nSPS) is 15.1. The van der Waals surface area contributed by atoms with Crippen LogP contribution in [0.2, 0.25) is 5.02 Å². The zero-order chi connectivity index (χ0) is 18.0. The first kappa shape index (κ1) is 19.6. The SMILES string of the molecule is Clc1ccc(SNCc2ccccc2OCCCN2CCCCC2)cc1. The van der Waals surface area contributed by atoms with Crippen LogP contribution in [-0.2, 0) is 6.54 Å². The van der Waals surface area contributed by atoms with E-state index < -0.39 is 0 Å². The first-order valence-corrected chi connectivity index (χ1v) is 10.6. The molecular formula is C21H27ClN2OS. The van der Waals surface area contributed by atoms with E-state index in [2.05, 4.69) is 27.8 Å². The Hall–Kier alpha value is -1.20. The molecule has 140 valence electrons. The molecule has 3 nitrogen and oxygen atoms in total. The summed E-state index contributed by atoms with van der Waals surface area (Å²) in [5.74, 6) is 0.982. The summed E-state index contributed by atoms with van der Waals surface area (Å²) < 4.78 is 9.46. The molecule has 0 spiro atoms. The van der Waals surface area contributed by atoms with Crippen LogP contribution in [0.15, 0.2) is 53.4 Å². The van der Waals surface area contributed by atoms with Crippen LogP contribution in [0.1, 0.15) is 31.2 Å². The third kappa shape index (κ3) is 6.51. The van der Waals surface area contributed by atoms with E-state index in [0.29, 0.717) is 0 Å². The van der Waals surface area contributed by atoms with Crippen LogP contribution in [-0.4, -0.2) is 31.1 Å². The molecule has 0 saturated carbocycles. The van der Waals surface area contributed by atoms with Gasteiger partial charge in [0.05, 0.1) is 6.61 Å². The van der Waals surface area contributed by atoms with Gasteiger partial charge in [-0.25, -0.2) is 0 Å². The quantitative estimate of drug-likeness (QED) is 0.458. The Morgan fingerprint density at radius 1 is 1.00 bits per heavy atom. The second-order valence-electron chi connectivity index (χ2n) is 6.59. The summed E-state index contributed by atoms with van der Waals surface area (Å²) in [7, 11) is 0. The fourth-order valence-electron chi connectivity index (χ4n) is 3.14. The minimum absolute atomic E-state index is 0.760. The van der Waals surface area contributed by atoms with Crippen LogP contribution in [0.25, 0.3) is 0 Å². The van der Waals surface area contributed by atoms with E-state index in [4.69, 9.17) is 16.3 Å². The van der Waals surface area contributed by atoms with E-state index in [0.717, 1.165) is 41.8 Å². The lowest BCUT2D eigenvalue weighted by molar-refractivity contribution is 0.204.